The Morgan fingerprint density at radius 1 is 1.18 bits per heavy atom. The molecule has 1 aromatic carbocycles. The fourth-order valence-corrected chi connectivity index (χ4v) is 2.99. The Morgan fingerprint density at radius 3 is 2.64 bits per heavy atom. The van der Waals surface area contributed by atoms with Crippen LogP contribution in [0.1, 0.15) is 40.9 Å². The second kappa shape index (κ2) is 5.21. The van der Waals surface area contributed by atoms with Crippen LogP contribution < -0.4 is 0 Å². The number of hydrogen-bond acceptors (Lipinski definition) is 4. The molecule has 0 bridgehead atoms. The summed E-state index contributed by atoms with van der Waals surface area (Å²) in [6.07, 6.45) is 1.57. The van der Waals surface area contributed by atoms with Gasteiger partial charge in [-0.3, -0.25) is 4.99 Å². The molecule has 22 heavy (non-hydrogen) atoms. The van der Waals surface area contributed by atoms with Crippen molar-refractivity contribution in [3.8, 4) is 0 Å². The number of esters is 1. The number of methoxy groups -OCH3 is 1. The normalized spacial score (nSPS) is 15.2. The molecule has 5 heteroatoms. The summed E-state index contributed by atoms with van der Waals surface area (Å²) in [5.74, 6) is -0.516. The minimum absolute atomic E-state index is 0.120. The standard InChI is InChI=1S/C17H15ClN2O2/c1-17(2)12-7-5-4-6-10(12)14(20-17)11-8-9-19-15(18)13(11)16(21)22-3/h4-9H,1-3H3. The summed E-state index contributed by atoms with van der Waals surface area (Å²) in [4.78, 5) is 20.9. The third-order valence-corrected chi connectivity index (χ3v) is 4.07. The lowest BCUT2D eigenvalue weighted by molar-refractivity contribution is 0.0600. The molecule has 0 saturated heterocycles. The molecule has 112 valence electrons. The number of carbonyl (C=O) groups excluding carboxylic acids is 1. The number of nitrogens with zero attached hydrogens (tertiary/aromatic N) is 2. The van der Waals surface area contributed by atoms with Gasteiger partial charge in [-0.25, -0.2) is 9.78 Å². The van der Waals surface area contributed by atoms with Crippen molar-refractivity contribution in [2.75, 3.05) is 7.11 Å². The maximum absolute atomic E-state index is 12.1. The van der Waals surface area contributed by atoms with E-state index in [1.165, 1.54) is 7.11 Å². The molecule has 1 aliphatic rings. The number of fused-ring (bicyclic) bond motifs is 1. The lowest BCUT2D eigenvalue weighted by atomic mass is 9.91. The molecule has 2 heterocycles. The zero-order valence-electron chi connectivity index (χ0n) is 12.6. The van der Waals surface area contributed by atoms with Crippen LogP contribution >= 0.6 is 11.6 Å². The molecule has 0 N–H and O–H groups in total. The average molecular weight is 315 g/mol. The highest BCUT2D eigenvalue weighted by molar-refractivity contribution is 6.34. The summed E-state index contributed by atoms with van der Waals surface area (Å²) >= 11 is 6.11. The van der Waals surface area contributed by atoms with E-state index in [1.54, 1.807) is 12.3 Å². The molecule has 0 radical (unpaired) electrons. The van der Waals surface area contributed by atoms with Crippen molar-refractivity contribution >= 4 is 23.3 Å². The van der Waals surface area contributed by atoms with E-state index >= 15 is 0 Å². The number of ether oxygens (including phenoxy) is 1. The van der Waals surface area contributed by atoms with E-state index in [0.717, 1.165) is 16.8 Å². The van der Waals surface area contributed by atoms with Crippen molar-refractivity contribution < 1.29 is 9.53 Å². The Labute approximate surface area is 133 Å². The summed E-state index contributed by atoms with van der Waals surface area (Å²) in [6.45, 7) is 4.08. The van der Waals surface area contributed by atoms with Crippen LogP contribution in [0.3, 0.4) is 0 Å². The first-order valence-electron chi connectivity index (χ1n) is 6.88. The van der Waals surface area contributed by atoms with Crippen LogP contribution in [-0.4, -0.2) is 23.8 Å². The first kappa shape index (κ1) is 14.7. The molecule has 0 aliphatic carbocycles. The summed E-state index contributed by atoms with van der Waals surface area (Å²) in [5.41, 5.74) is 3.40. The Hall–Kier alpha value is -2.20. The molecule has 0 amide bonds. The lowest BCUT2D eigenvalue weighted by Gasteiger charge is -2.15. The van der Waals surface area contributed by atoms with Crippen LogP contribution in [0.2, 0.25) is 5.15 Å². The zero-order chi connectivity index (χ0) is 15.9. The molecule has 3 rings (SSSR count). The van der Waals surface area contributed by atoms with Crippen molar-refractivity contribution in [1.82, 2.24) is 4.98 Å². The van der Waals surface area contributed by atoms with Crippen LogP contribution in [0.15, 0.2) is 41.5 Å². The highest BCUT2D eigenvalue weighted by Crippen LogP contribution is 2.37. The van der Waals surface area contributed by atoms with E-state index in [4.69, 9.17) is 21.3 Å². The summed E-state index contributed by atoms with van der Waals surface area (Å²) in [7, 11) is 1.32. The third-order valence-electron chi connectivity index (χ3n) is 3.78. The molecular formula is C17H15ClN2O2. The maximum atomic E-state index is 12.1. The molecule has 2 aromatic rings. The van der Waals surface area contributed by atoms with Gasteiger partial charge < -0.3 is 4.74 Å². The van der Waals surface area contributed by atoms with Crippen molar-refractivity contribution in [2.45, 2.75) is 19.4 Å². The predicted molar refractivity (Wildman–Crippen MR) is 85.7 cm³/mol. The van der Waals surface area contributed by atoms with E-state index in [1.807, 2.05) is 38.1 Å². The maximum Gasteiger partial charge on any atom is 0.341 e. The molecule has 1 aliphatic heterocycles. The van der Waals surface area contributed by atoms with Gasteiger partial charge in [0.25, 0.3) is 0 Å². The van der Waals surface area contributed by atoms with Crippen molar-refractivity contribution in [3.63, 3.8) is 0 Å². The number of rotatable bonds is 2. The first-order valence-corrected chi connectivity index (χ1v) is 7.26. The lowest BCUT2D eigenvalue weighted by Crippen LogP contribution is -2.13. The molecule has 1 aromatic heterocycles. The topological polar surface area (TPSA) is 51.5 Å². The van der Waals surface area contributed by atoms with E-state index in [-0.39, 0.29) is 16.3 Å². The van der Waals surface area contributed by atoms with Gasteiger partial charge in [0.05, 0.1) is 18.4 Å². The minimum atomic E-state index is -0.516. The summed E-state index contributed by atoms with van der Waals surface area (Å²) < 4.78 is 4.84. The molecule has 0 fully saturated rings. The van der Waals surface area contributed by atoms with Crippen LogP contribution in [0, 0.1) is 0 Å². The Balaban J connectivity index is 2.26. The molecule has 0 atom stereocenters. The highest BCUT2D eigenvalue weighted by atomic mass is 35.5. The Kier molecular flexibility index (Phi) is 3.49. The number of pyridine rings is 1. The second-order valence-electron chi connectivity index (χ2n) is 5.58. The fraction of sp³-hybridized carbons (Fsp3) is 0.235. The molecular weight excluding hydrogens is 300 g/mol. The zero-order valence-corrected chi connectivity index (χ0v) is 13.3. The summed E-state index contributed by atoms with van der Waals surface area (Å²) in [5, 5.41) is 0.120. The van der Waals surface area contributed by atoms with Gasteiger partial charge in [-0.15, -0.1) is 0 Å². The van der Waals surface area contributed by atoms with Crippen LogP contribution in [0.4, 0.5) is 0 Å². The first-order chi connectivity index (χ1) is 10.5. The fourth-order valence-electron chi connectivity index (χ4n) is 2.76. The van der Waals surface area contributed by atoms with Crippen molar-refractivity contribution in [1.29, 1.82) is 0 Å². The smallest absolute Gasteiger partial charge is 0.341 e. The largest absolute Gasteiger partial charge is 0.465 e. The number of aromatic nitrogens is 1. The van der Waals surface area contributed by atoms with Gasteiger partial charge in [-0.1, -0.05) is 35.9 Å². The van der Waals surface area contributed by atoms with Gasteiger partial charge in [0.15, 0.2) is 0 Å². The second-order valence-corrected chi connectivity index (χ2v) is 5.94. The predicted octanol–water partition coefficient (Wildman–Crippen LogP) is 3.61. The number of carbonyl (C=O) groups is 1. The van der Waals surface area contributed by atoms with E-state index < -0.39 is 5.97 Å². The third kappa shape index (κ3) is 2.20. The van der Waals surface area contributed by atoms with Gasteiger partial charge >= 0.3 is 5.97 Å². The van der Waals surface area contributed by atoms with Gasteiger partial charge in [0.1, 0.15) is 10.7 Å². The Bertz CT molecular complexity index is 797. The van der Waals surface area contributed by atoms with Gasteiger partial charge in [0, 0.05) is 17.3 Å². The van der Waals surface area contributed by atoms with Crippen LogP contribution in [-0.2, 0) is 10.3 Å². The number of halogens is 1. The van der Waals surface area contributed by atoms with Gasteiger partial charge in [-0.05, 0) is 25.5 Å². The van der Waals surface area contributed by atoms with Crippen LogP contribution in [0.25, 0.3) is 0 Å². The molecule has 0 saturated carbocycles. The summed E-state index contributed by atoms with van der Waals surface area (Å²) in [6, 6.07) is 9.73. The SMILES string of the molecule is COC(=O)c1c(C2=NC(C)(C)c3ccccc32)ccnc1Cl. The molecule has 0 spiro atoms. The molecule has 0 unspecified atom stereocenters. The van der Waals surface area contributed by atoms with E-state index in [9.17, 15) is 4.79 Å². The van der Waals surface area contributed by atoms with E-state index in [0.29, 0.717) is 5.56 Å². The highest BCUT2D eigenvalue weighted by Gasteiger charge is 2.34. The van der Waals surface area contributed by atoms with Gasteiger partial charge in [0.2, 0.25) is 0 Å². The van der Waals surface area contributed by atoms with E-state index in [2.05, 4.69) is 4.98 Å². The average Bonchev–Trinajstić information content (AvgIpc) is 2.78. The van der Waals surface area contributed by atoms with Gasteiger partial charge in [-0.2, -0.15) is 0 Å². The minimum Gasteiger partial charge on any atom is -0.465 e. The quantitative estimate of drug-likeness (QED) is 0.628. The van der Waals surface area contributed by atoms with Crippen molar-refractivity contribution in [3.05, 3.63) is 63.9 Å². The monoisotopic (exact) mass is 314 g/mol. The molecule has 4 nitrogen and oxygen atoms in total. The van der Waals surface area contributed by atoms with Crippen molar-refractivity contribution in [2.24, 2.45) is 4.99 Å². The Morgan fingerprint density at radius 2 is 1.91 bits per heavy atom. The number of hydrogen-bond donors (Lipinski definition) is 0. The van der Waals surface area contributed by atoms with Crippen LogP contribution in [0.5, 0.6) is 0 Å². The number of aliphatic imine (C=N–C) groups is 1. The number of benzene rings is 1.